The number of hydrogen-bond donors (Lipinski definition) is 1. The second-order valence-electron chi connectivity index (χ2n) is 7.18. The van der Waals surface area contributed by atoms with Gasteiger partial charge in [0.1, 0.15) is 0 Å². The van der Waals surface area contributed by atoms with Gasteiger partial charge < -0.3 is 5.32 Å². The van der Waals surface area contributed by atoms with Gasteiger partial charge in [0.2, 0.25) is 0 Å². The minimum absolute atomic E-state index is 0.235. The zero-order valence-corrected chi connectivity index (χ0v) is 14.8. The first-order chi connectivity index (χ1) is 9.99. The molecule has 0 aromatic heterocycles. The Morgan fingerprint density at radius 3 is 2.33 bits per heavy atom. The van der Waals surface area contributed by atoms with E-state index in [1.165, 1.54) is 44.2 Å². The van der Waals surface area contributed by atoms with E-state index in [4.69, 9.17) is 0 Å². The smallest absolute Gasteiger partial charge is 0.00471 e. The minimum Gasteiger partial charge on any atom is -0.314 e. The van der Waals surface area contributed by atoms with Gasteiger partial charge in [0, 0.05) is 6.04 Å². The van der Waals surface area contributed by atoms with E-state index in [2.05, 4.69) is 70.3 Å². The number of unbranched alkanes of at least 4 members (excludes halogenated alkanes) is 1. The quantitative estimate of drug-likeness (QED) is 0.595. The molecule has 0 radical (unpaired) electrons. The molecule has 1 rings (SSSR count). The SMILES string of the molecule is CCCCC(CC)CNC(C)CC(C)(C)c1ccccc1. The Hall–Kier alpha value is -0.820. The molecule has 1 N–H and O–H groups in total. The molecule has 1 aromatic rings. The Labute approximate surface area is 132 Å². The van der Waals surface area contributed by atoms with Crippen LogP contribution in [-0.2, 0) is 5.41 Å². The lowest BCUT2D eigenvalue weighted by molar-refractivity contribution is 0.347. The normalized spacial score (nSPS) is 14.9. The summed E-state index contributed by atoms with van der Waals surface area (Å²) in [5, 5.41) is 3.77. The lowest BCUT2D eigenvalue weighted by Crippen LogP contribution is -2.36. The maximum atomic E-state index is 3.77. The van der Waals surface area contributed by atoms with E-state index in [1.807, 2.05) is 0 Å². The number of hydrogen-bond acceptors (Lipinski definition) is 1. The fourth-order valence-electron chi connectivity index (χ4n) is 3.16. The van der Waals surface area contributed by atoms with Crippen molar-refractivity contribution in [3.05, 3.63) is 35.9 Å². The van der Waals surface area contributed by atoms with Crippen LogP contribution < -0.4 is 5.32 Å². The molecular weight excluding hydrogens is 254 g/mol. The zero-order chi connectivity index (χ0) is 15.7. The topological polar surface area (TPSA) is 12.0 Å². The van der Waals surface area contributed by atoms with Crippen molar-refractivity contribution in [1.29, 1.82) is 0 Å². The first-order valence-corrected chi connectivity index (χ1v) is 8.78. The predicted molar refractivity (Wildman–Crippen MR) is 94.9 cm³/mol. The summed E-state index contributed by atoms with van der Waals surface area (Å²) in [5.41, 5.74) is 1.68. The molecule has 21 heavy (non-hydrogen) atoms. The van der Waals surface area contributed by atoms with Crippen LogP contribution >= 0.6 is 0 Å². The van der Waals surface area contributed by atoms with Crippen molar-refractivity contribution in [1.82, 2.24) is 5.32 Å². The Balaban J connectivity index is 2.43. The second-order valence-corrected chi connectivity index (χ2v) is 7.18. The summed E-state index contributed by atoms with van der Waals surface area (Å²) in [7, 11) is 0. The first-order valence-electron chi connectivity index (χ1n) is 8.78. The number of benzene rings is 1. The molecule has 2 atom stereocenters. The summed E-state index contributed by atoms with van der Waals surface area (Å²) in [5.74, 6) is 0.840. The molecule has 0 spiro atoms. The Morgan fingerprint density at radius 1 is 1.10 bits per heavy atom. The van der Waals surface area contributed by atoms with Crippen LogP contribution in [0.2, 0.25) is 0 Å². The van der Waals surface area contributed by atoms with Gasteiger partial charge in [0.15, 0.2) is 0 Å². The van der Waals surface area contributed by atoms with Crippen LogP contribution in [0.4, 0.5) is 0 Å². The van der Waals surface area contributed by atoms with Crippen molar-refractivity contribution in [2.75, 3.05) is 6.54 Å². The van der Waals surface area contributed by atoms with Gasteiger partial charge in [0.05, 0.1) is 0 Å². The van der Waals surface area contributed by atoms with E-state index in [1.54, 1.807) is 0 Å². The van der Waals surface area contributed by atoms with Gasteiger partial charge >= 0.3 is 0 Å². The Bertz CT molecular complexity index is 369. The largest absolute Gasteiger partial charge is 0.314 e. The van der Waals surface area contributed by atoms with Crippen LogP contribution in [0.3, 0.4) is 0 Å². The van der Waals surface area contributed by atoms with Gasteiger partial charge in [-0.3, -0.25) is 0 Å². The van der Waals surface area contributed by atoms with Crippen LogP contribution in [0.15, 0.2) is 30.3 Å². The summed E-state index contributed by atoms with van der Waals surface area (Å²) >= 11 is 0. The van der Waals surface area contributed by atoms with E-state index in [0.29, 0.717) is 6.04 Å². The molecule has 0 amide bonds. The Kier molecular flexibility index (Phi) is 8.03. The van der Waals surface area contributed by atoms with Gasteiger partial charge in [-0.15, -0.1) is 0 Å². The van der Waals surface area contributed by atoms with Crippen LogP contribution in [0, 0.1) is 5.92 Å². The Morgan fingerprint density at radius 2 is 1.76 bits per heavy atom. The van der Waals surface area contributed by atoms with Gasteiger partial charge in [-0.1, -0.05) is 77.3 Å². The molecule has 2 unspecified atom stereocenters. The average Bonchev–Trinajstić information content (AvgIpc) is 2.48. The van der Waals surface area contributed by atoms with E-state index in [0.717, 1.165) is 5.92 Å². The van der Waals surface area contributed by atoms with Crippen molar-refractivity contribution in [3.63, 3.8) is 0 Å². The van der Waals surface area contributed by atoms with Crippen molar-refractivity contribution < 1.29 is 0 Å². The third-order valence-corrected chi connectivity index (χ3v) is 4.67. The molecular formula is C20H35N. The summed E-state index contributed by atoms with van der Waals surface area (Å²) < 4.78 is 0. The maximum absolute atomic E-state index is 3.77. The fourth-order valence-corrected chi connectivity index (χ4v) is 3.16. The third kappa shape index (κ3) is 6.65. The molecule has 0 aliphatic carbocycles. The third-order valence-electron chi connectivity index (χ3n) is 4.67. The molecule has 1 nitrogen and oxygen atoms in total. The molecule has 0 heterocycles. The zero-order valence-electron chi connectivity index (χ0n) is 14.8. The van der Waals surface area contributed by atoms with Gasteiger partial charge in [-0.05, 0) is 43.2 Å². The highest BCUT2D eigenvalue weighted by Crippen LogP contribution is 2.28. The van der Waals surface area contributed by atoms with Crippen LogP contribution in [0.5, 0.6) is 0 Å². The summed E-state index contributed by atoms with van der Waals surface area (Å²) in [6, 6.07) is 11.5. The molecule has 0 saturated heterocycles. The van der Waals surface area contributed by atoms with Gasteiger partial charge in [-0.2, -0.15) is 0 Å². The lowest BCUT2D eigenvalue weighted by atomic mass is 9.79. The van der Waals surface area contributed by atoms with Crippen LogP contribution in [-0.4, -0.2) is 12.6 Å². The molecule has 0 saturated carbocycles. The standard InChI is InChI=1S/C20H35N/c1-6-8-12-18(7-2)16-21-17(3)15-20(4,5)19-13-10-9-11-14-19/h9-11,13-14,17-18,21H,6-8,12,15-16H2,1-5H3. The van der Waals surface area contributed by atoms with Crippen molar-refractivity contribution in [3.8, 4) is 0 Å². The molecule has 0 fully saturated rings. The van der Waals surface area contributed by atoms with Crippen molar-refractivity contribution in [2.45, 2.75) is 78.2 Å². The van der Waals surface area contributed by atoms with Gasteiger partial charge in [-0.25, -0.2) is 0 Å². The predicted octanol–water partition coefficient (Wildman–Crippen LogP) is 5.55. The minimum atomic E-state index is 0.235. The average molecular weight is 290 g/mol. The molecule has 0 bridgehead atoms. The molecule has 1 heteroatoms. The summed E-state index contributed by atoms with van der Waals surface area (Å²) in [4.78, 5) is 0. The van der Waals surface area contributed by atoms with E-state index >= 15 is 0 Å². The second kappa shape index (κ2) is 9.25. The van der Waals surface area contributed by atoms with Gasteiger partial charge in [0.25, 0.3) is 0 Å². The number of nitrogens with one attached hydrogen (secondary N) is 1. The highest BCUT2D eigenvalue weighted by Gasteiger charge is 2.23. The summed E-state index contributed by atoms with van der Waals surface area (Å²) in [6.45, 7) is 12.8. The van der Waals surface area contributed by atoms with E-state index in [9.17, 15) is 0 Å². The monoisotopic (exact) mass is 289 g/mol. The molecule has 0 aliphatic heterocycles. The van der Waals surface area contributed by atoms with Crippen molar-refractivity contribution in [2.24, 2.45) is 5.92 Å². The first kappa shape index (κ1) is 18.2. The molecule has 120 valence electrons. The molecule has 0 aliphatic rings. The number of rotatable bonds is 10. The highest BCUT2D eigenvalue weighted by molar-refractivity contribution is 5.23. The highest BCUT2D eigenvalue weighted by atomic mass is 14.9. The van der Waals surface area contributed by atoms with Crippen LogP contribution in [0.1, 0.15) is 72.3 Å². The maximum Gasteiger partial charge on any atom is 0.00471 e. The van der Waals surface area contributed by atoms with E-state index in [-0.39, 0.29) is 5.41 Å². The fraction of sp³-hybridized carbons (Fsp3) is 0.700. The van der Waals surface area contributed by atoms with Crippen LogP contribution in [0.25, 0.3) is 0 Å². The van der Waals surface area contributed by atoms with Crippen molar-refractivity contribution >= 4 is 0 Å². The lowest BCUT2D eigenvalue weighted by Gasteiger charge is -2.30. The van der Waals surface area contributed by atoms with E-state index < -0.39 is 0 Å². The summed E-state index contributed by atoms with van der Waals surface area (Å²) in [6.07, 6.45) is 6.52. The molecule has 1 aromatic carbocycles.